The Morgan fingerprint density at radius 1 is 1.60 bits per heavy atom. The van der Waals surface area contributed by atoms with E-state index in [0.717, 1.165) is 5.57 Å². The Labute approximate surface area is 116 Å². The summed E-state index contributed by atoms with van der Waals surface area (Å²) in [6.07, 6.45) is 0. The van der Waals surface area contributed by atoms with Gasteiger partial charge in [0.1, 0.15) is 5.75 Å². The van der Waals surface area contributed by atoms with Crippen LogP contribution in [0.1, 0.15) is 0 Å². The van der Waals surface area contributed by atoms with E-state index in [1.54, 1.807) is 7.05 Å². The summed E-state index contributed by atoms with van der Waals surface area (Å²) >= 11 is 0. The van der Waals surface area contributed by atoms with Crippen molar-refractivity contribution in [2.75, 3.05) is 31.6 Å². The molecule has 1 aliphatic heterocycles. The predicted molar refractivity (Wildman–Crippen MR) is 74.0 cm³/mol. The van der Waals surface area contributed by atoms with E-state index in [0.29, 0.717) is 24.5 Å². The van der Waals surface area contributed by atoms with Gasteiger partial charge in [0.2, 0.25) is 0 Å². The molecule has 106 valence electrons. The van der Waals surface area contributed by atoms with Crippen LogP contribution in [0.3, 0.4) is 0 Å². The topological polar surface area (TPSA) is 84.7 Å². The number of non-ortho nitro benzene ring substituents is 1. The number of hydrogen-bond acceptors (Lipinski definition) is 5. The molecule has 0 atom stereocenters. The van der Waals surface area contributed by atoms with Crippen molar-refractivity contribution >= 4 is 17.3 Å². The van der Waals surface area contributed by atoms with Crippen molar-refractivity contribution < 1.29 is 14.5 Å². The summed E-state index contributed by atoms with van der Waals surface area (Å²) in [6.45, 7) is 4.67. The summed E-state index contributed by atoms with van der Waals surface area (Å²) in [4.78, 5) is 23.7. The highest BCUT2D eigenvalue weighted by Crippen LogP contribution is 2.35. The lowest BCUT2D eigenvalue weighted by atomic mass is 10.2. The molecule has 1 N–H and O–H groups in total. The minimum Gasteiger partial charge on any atom is -0.482 e. The molecule has 0 saturated carbocycles. The lowest BCUT2D eigenvalue weighted by molar-refractivity contribution is -0.384. The molecule has 0 unspecified atom stereocenters. The van der Waals surface area contributed by atoms with E-state index < -0.39 is 4.92 Å². The molecular formula is C13H15N3O4. The van der Waals surface area contributed by atoms with Gasteiger partial charge in [-0.25, -0.2) is 0 Å². The van der Waals surface area contributed by atoms with Crippen LogP contribution < -0.4 is 15.0 Å². The maximum Gasteiger partial charge on any atom is 0.271 e. The molecule has 1 aromatic carbocycles. The summed E-state index contributed by atoms with van der Waals surface area (Å²) in [7, 11) is 1.78. The standard InChI is InChI=1S/C13H15N3O4/c1-9(6-14-2)7-15-11-5-10(16(18)19)3-4-12(11)20-8-13(15)17/h3-5,14H,1,6-8H2,2H3. The first-order chi connectivity index (χ1) is 9.52. The fourth-order valence-electron chi connectivity index (χ4n) is 2.01. The second-order valence-corrected chi connectivity index (χ2v) is 4.46. The van der Waals surface area contributed by atoms with Gasteiger partial charge >= 0.3 is 0 Å². The second kappa shape index (κ2) is 5.70. The highest BCUT2D eigenvalue weighted by atomic mass is 16.6. The number of hydrogen-bond donors (Lipinski definition) is 1. The molecule has 0 fully saturated rings. The van der Waals surface area contributed by atoms with Gasteiger partial charge in [0.05, 0.1) is 10.6 Å². The Morgan fingerprint density at radius 2 is 2.35 bits per heavy atom. The monoisotopic (exact) mass is 277 g/mol. The van der Waals surface area contributed by atoms with E-state index in [2.05, 4.69) is 11.9 Å². The third kappa shape index (κ3) is 2.77. The van der Waals surface area contributed by atoms with Gasteiger partial charge in [0.15, 0.2) is 6.61 Å². The number of likely N-dealkylation sites (N-methyl/N-ethyl adjacent to an activating group) is 1. The van der Waals surface area contributed by atoms with Gasteiger partial charge < -0.3 is 15.0 Å². The summed E-state index contributed by atoms with van der Waals surface area (Å²) < 4.78 is 5.28. The number of nitrogens with one attached hydrogen (secondary N) is 1. The number of ether oxygens (including phenoxy) is 1. The fraction of sp³-hybridized carbons (Fsp3) is 0.308. The molecule has 20 heavy (non-hydrogen) atoms. The molecule has 1 heterocycles. The number of nitro benzene ring substituents is 1. The largest absolute Gasteiger partial charge is 0.482 e. The number of amides is 1. The van der Waals surface area contributed by atoms with E-state index in [4.69, 9.17) is 4.74 Å². The first kappa shape index (κ1) is 14.0. The van der Waals surface area contributed by atoms with Crippen LogP contribution in [-0.4, -0.2) is 37.6 Å². The number of benzene rings is 1. The molecule has 2 rings (SSSR count). The van der Waals surface area contributed by atoms with Crippen molar-refractivity contribution in [1.29, 1.82) is 0 Å². The van der Waals surface area contributed by atoms with Gasteiger partial charge in [-0.3, -0.25) is 14.9 Å². The Morgan fingerprint density at radius 3 is 3.00 bits per heavy atom. The summed E-state index contributed by atoms with van der Waals surface area (Å²) in [5.41, 5.74) is 1.14. The van der Waals surface area contributed by atoms with Crippen molar-refractivity contribution in [3.8, 4) is 5.75 Å². The van der Waals surface area contributed by atoms with Crippen LogP contribution in [0, 0.1) is 10.1 Å². The van der Waals surface area contributed by atoms with Crippen molar-refractivity contribution in [1.82, 2.24) is 5.32 Å². The zero-order valence-electron chi connectivity index (χ0n) is 11.1. The molecule has 1 aromatic rings. The van der Waals surface area contributed by atoms with Gasteiger partial charge in [-0.1, -0.05) is 6.58 Å². The Balaban J connectivity index is 2.34. The molecule has 1 amide bonds. The molecule has 1 aliphatic rings. The summed E-state index contributed by atoms with van der Waals surface area (Å²) in [6, 6.07) is 4.21. The van der Waals surface area contributed by atoms with Gasteiger partial charge in [-0.15, -0.1) is 0 Å². The van der Waals surface area contributed by atoms with E-state index >= 15 is 0 Å². The van der Waals surface area contributed by atoms with Crippen LogP contribution in [0.4, 0.5) is 11.4 Å². The predicted octanol–water partition coefficient (Wildman–Crippen LogP) is 1.10. The molecule has 0 saturated heterocycles. The molecule has 0 aliphatic carbocycles. The van der Waals surface area contributed by atoms with Crippen molar-refractivity contribution in [2.45, 2.75) is 0 Å². The van der Waals surface area contributed by atoms with Crippen LogP contribution in [0.25, 0.3) is 0 Å². The molecule has 7 heteroatoms. The number of fused-ring (bicyclic) bond motifs is 1. The summed E-state index contributed by atoms with van der Waals surface area (Å²) in [5, 5.41) is 13.8. The van der Waals surface area contributed by atoms with E-state index in [9.17, 15) is 14.9 Å². The van der Waals surface area contributed by atoms with Crippen LogP contribution in [0.5, 0.6) is 5.75 Å². The van der Waals surface area contributed by atoms with Gasteiger partial charge in [0, 0.05) is 25.2 Å². The Hall–Kier alpha value is -2.41. The maximum absolute atomic E-state index is 11.9. The van der Waals surface area contributed by atoms with E-state index in [-0.39, 0.29) is 18.2 Å². The number of carbonyl (C=O) groups excluding carboxylic acids is 1. The van der Waals surface area contributed by atoms with E-state index in [1.165, 1.54) is 23.1 Å². The van der Waals surface area contributed by atoms with Crippen LogP contribution in [0.2, 0.25) is 0 Å². The molecule has 7 nitrogen and oxygen atoms in total. The van der Waals surface area contributed by atoms with Gasteiger partial charge in [0.25, 0.3) is 11.6 Å². The van der Waals surface area contributed by atoms with Crippen molar-refractivity contribution in [3.05, 3.63) is 40.5 Å². The van der Waals surface area contributed by atoms with Gasteiger partial charge in [-0.05, 0) is 18.7 Å². The third-order valence-electron chi connectivity index (χ3n) is 2.90. The average molecular weight is 277 g/mol. The van der Waals surface area contributed by atoms with Crippen molar-refractivity contribution in [2.24, 2.45) is 0 Å². The molecular weight excluding hydrogens is 262 g/mol. The maximum atomic E-state index is 11.9. The quantitative estimate of drug-likeness (QED) is 0.495. The number of rotatable bonds is 5. The van der Waals surface area contributed by atoms with Crippen LogP contribution in [-0.2, 0) is 4.79 Å². The van der Waals surface area contributed by atoms with Crippen LogP contribution in [0.15, 0.2) is 30.4 Å². The van der Waals surface area contributed by atoms with Crippen LogP contribution >= 0.6 is 0 Å². The fourth-order valence-corrected chi connectivity index (χ4v) is 2.01. The normalized spacial score (nSPS) is 13.7. The molecule has 0 bridgehead atoms. The van der Waals surface area contributed by atoms with Crippen molar-refractivity contribution in [3.63, 3.8) is 0 Å². The number of anilines is 1. The first-order valence-electron chi connectivity index (χ1n) is 6.05. The highest BCUT2D eigenvalue weighted by molar-refractivity contribution is 5.98. The lowest BCUT2D eigenvalue weighted by Crippen LogP contribution is -2.40. The minimum atomic E-state index is -0.500. The highest BCUT2D eigenvalue weighted by Gasteiger charge is 2.27. The number of nitrogens with zero attached hydrogens (tertiary/aromatic N) is 2. The lowest BCUT2D eigenvalue weighted by Gasteiger charge is -2.29. The first-order valence-corrected chi connectivity index (χ1v) is 6.05. The Kier molecular flexibility index (Phi) is 3.99. The van der Waals surface area contributed by atoms with E-state index in [1.807, 2.05) is 0 Å². The average Bonchev–Trinajstić information content (AvgIpc) is 2.41. The zero-order valence-corrected chi connectivity index (χ0v) is 11.1. The zero-order chi connectivity index (χ0) is 14.7. The Bertz CT molecular complexity index is 571. The number of nitro groups is 1. The smallest absolute Gasteiger partial charge is 0.271 e. The summed E-state index contributed by atoms with van der Waals surface area (Å²) in [5.74, 6) is 0.225. The molecule has 0 radical (unpaired) electrons. The SMILES string of the molecule is C=C(CNC)CN1C(=O)COc2ccc([N+](=O)[O-])cc21. The number of carbonyl (C=O) groups is 1. The third-order valence-corrected chi connectivity index (χ3v) is 2.90. The van der Waals surface area contributed by atoms with Gasteiger partial charge in [-0.2, -0.15) is 0 Å². The molecule has 0 spiro atoms. The second-order valence-electron chi connectivity index (χ2n) is 4.46. The minimum absolute atomic E-state index is 0.0718. The molecule has 0 aromatic heterocycles.